The second-order valence-corrected chi connectivity index (χ2v) is 6.75. The Balaban J connectivity index is 1.52. The van der Waals surface area contributed by atoms with Crippen molar-refractivity contribution in [3.8, 4) is 11.4 Å². The number of fused-ring (bicyclic) bond motifs is 1. The van der Waals surface area contributed by atoms with Crippen molar-refractivity contribution in [3.05, 3.63) is 94.1 Å². The zero-order valence-corrected chi connectivity index (χ0v) is 16.2. The lowest BCUT2D eigenvalue weighted by atomic mass is 10.2. The van der Waals surface area contributed by atoms with Gasteiger partial charge < -0.3 is 10.5 Å². The molecule has 1 amide bonds. The Kier molecular flexibility index (Phi) is 5.34. The van der Waals surface area contributed by atoms with Crippen LogP contribution in [0.1, 0.15) is 5.56 Å². The van der Waals surface area contributed by atoms with E-state index in [4.69, 9.17) is 0 Å². The first kappa shape index (κ1) is 20.7. The monoisotopic (exact) mass is 436 g/mol. The second kappa shape index (κ2) is 8.26. The Morgan fingerprint density at radius 3 is 2.44 bits per heavy atom. The van der Waals surface area contributed by atoms with E-state index in [9.17, 15) is 28.9 Å². The zero-order chi connectivity index (χ0) is 22.8. The minimum atomic E-state index is -1.06. The van der Waals surface area contributed by atoms with Crippen LogP contribution in [0.3, 0.4) is 0 Å². The highest BCUT2D eigenvalue weighted by molar-refractivity contribution is 6.02. The molecule has 0 saturated carbocycles. The topological polar surface area (TPSA) is 110 Å². The molecule has 1 aromatic heterocycles. The molecule has 0 unspecified atom stereocenters. The third kappa shape index (κ3) is 4.15. The first-order valence-corrected chi connectivity index (χ1v) is 9.22. The Morgan fingerprint density at radius 1 is 1.09 bits per heavy atom. The van der Waals surface area contributed by atoms with Crippen molar-refractivity contribution in [2.45, 2.75) is 0 Å². The van der Waals surface area contributed by atoms with Crippen LogP contribution >= 0.6 is 0 Å². The lowest BCUT2D eigenvalue weighted by molar-refractivity contribution is -0.387. The molecule has 3 aromatic carbocycles. The lowest BCUT2D eigenvalue weighted by Crippen LogP contribution is -2.07. The van der Waals surface area contributed by atoms with Crippen LogP contribution in [-0.2, 0) is 4.79 Å². The number of hydrogen-bond acceptors (Lipinski definition) is 5. The summed E-state index contributed by atoms with van der Waals surface area (Å²) in [5.41, 5.74) is 0.822. The van der Waals surface area contributed by atoms with Crippen LogP contribution in [0.25, 0.3) is 28.5 Å². The molecule has 0 radical (unpaired) electrons. The van der Waals surface area contributed by atoms with Gasteiger partial charge in [-0.25, -0.2) is 9.37 Å². The fraction of sp³-hybridized carbons (Fsp3) is 0. The molecule has 0 spiro atoms. The molecule has 32 heavy (non-hydrogen) atoms. The van der Waals surface area contributed by atoms with Gasteiger partial charge in [-0.05, 0) is 48.0 Å². The second-order valence-electron chi connectivity index (χ2n) is 6.75. The average molecular weight is 436 g/mol. The van der Waals surface area contributed by atoms with E-state index in [1.54, 1.807) is 24.3 Å². The molecule has 0 aliphatic carbocycles. The van der Waals surface area contributed by atoms with E-state index in [2.05, 4.69) is 10.3 Å². The molecule has 0 fully saturated rings. The normalized spacial score (nSPS) is 11.2. The summed E-state index contributed by atoms with van der Waals surface area (Å²) in [5, 5.41) is 23.9. The molecular formula is C22H14F2N4O4. The molecule has 0 bridgehead atoms. The number of amides is 1. The number of benzene rings is 3. The predicted molar refractivity (Wildman–Crippen MR) is 113 cm³/mol. The van der Waals surface area contributed by atoms with Crippen molar-refractivity contribution in [1.29, 1.82) is 0 Å². The van der Waals surface area contributed by atoms with Gasteiger partial charge in [0.25, 0.3) is 0 Å². The van der Waals surface area contributed by atoms with E-state index in [1.807, 2.05) is 0 Å². The first-order chi connectivity index (χ1) is 15.3. The van der Waals surface area contributed by atoms with E-state index in [1.165, 1.54) is 36.4 Å². The van der Waals surface area contributed by atoms with E-state index < -0.39 is 22.3 Å². The van der Waals surface area contributed by atoms with Crippen LogP contribution < -0.4 is 5.32 Å². The van der Waals surface area contributed by atoms with Gasteiger partial charge in [0.15, 0.2) is 5.82 Å². The highest BCUT2D eigenvalue weighted by atomic mass is 19.1. The molecule has 4 aromatic rings. The lowest BCUT2D eigenvalue weighted by Gasteiger charge is -2.05. The van der Waals surface area contributed by atoms with Crippen molar-refractivity contribution in [2.24, 2.45) is 0 Å². The fourth-order valence-corrected chi connectivity index (χ4v) is 3.03. The van der Waals surface area contributed by atoms with Gasteiger partial charge in [-0.15, -0.1) is 0 Å². The molecule has 0 aliphatic rings. The minimum Gasteiger partial charge on any atom is -0.426 e. The highest BCUT2D eigenvalue weighted by Gasteiger charge is 2.20. The Labute approximate surface area is 179 Å². The standard InChI is InChI=1S/C22H14F2N4O4/c23-15-6-1-13(2-7-15)3-10-21(29)25-16-8-4-14(5-9-16)22-26-18-11-17(24)19(28(31)32)12-20(18)27(22)30/h1-12,30H,(H,25,29). The maximum absolute atomic E-state index is 13.8. The smallest absolute Gasteiger partial charge is 0.307 e. The number of halogens is 2. The Bertz CT molecular complexity index is 1360. The number of aromatic nitrogens is 2. The van der Waals surface area contributed by atoms with Crippen molar-refractivity contribution < 1.29 is 23.7 Å². The summed E-state index contributed by atoms with van der Waals surface area (Å²) in [4.78, 5) is 26.2. The van der Waals surface area contributed by atoms with E-state index in [0.717, 1.165) is 12.1 Å². The summed E-state index contributed by atoms with van der Waals surface area (Å²) in [6.45, 7) is 0. The van der Waals surface area contributed by atoms with Crippen LogP contribution in [0, 0.1) is 21.7 Å². The number of anilines is 1. The Hall–Kier alpha value is -4.60. The summed E-state index contributed by atoms with van der Waals surface area (Å²) in [5.74, 6) is -1.78. The van der Waals surface area contributed by atoms with Gasteiger partial charge in [0.2, 0.25) is 11.7 Å². The fourth-order valence-electron chi connectivity index (χ4n) is 3.03. The largest absolute Gasteiger partial charge is 0.426 e. The molecule has 10 heteroatoms. The van der Waals surface area contributed by atoms with E-state index >= 15 is 0 Å². The third-order valence-corrected chi connectivity index (χ3v) is 4.60. The molecule has 0 aliphatic heterocycles. The summed E-state index contributed by atoms with van der Waals surface area (Å²) in [6, 6.07) is 13.7. The van der Waals surface area contributed by atoms with Crippen LogP contribution in [0.15, 0.2) is 66.7 Å². The van der Waals surface area contributed by atoms with Gasteiger partial charge in [0.1, 0.15) is 11.3 Å². The molecule has 160 valence electrons. The maximum Gasteiger partial charge on any atom is 0.307 e. The van der Waals surface area contributed by atoms with E-state index in [0.29, 0.717) is 21.5 Å². The molecule has 0 saturated heterocycles. The maximum atomic E-state index is 13.8. The quantitative estimate of drug-likeness (QED) is 0.203. The molecule has 8 nitrogen and oxygen atoms in total. The number of nitro benzene ring substituents is 1. The van der Waals surface area contributed by atoms with Gasteiger partial charge in [0.05, 0.1) is 10.4 Å². The van der Waals surface area contributed by atoms with Crippen LogP contribution in [-0.4, -0.2) is 25.8 Å². The number of hydrogen-bond donors (Lipinski definition) is 2. The van der Waals surface area contributed by atoms with Crippen molar-refractivity contribution >= 4 is 34.4 Å². The van der Waals surface area contributed by atoms with Crippen LogP contribution in [0.4, 0.5) is 20.2 Å². The van der Waals surface area contributed by atoms with Crippen LogP contribution in [0.5, 0.6) is 0 Å². The van der Waals surface area contributed by atoms with Gasteiger partial charge in [-0.3, -0.25) is 14.9 Å². The summed E-state index contributed by atoms with van der Waals surface area (Å²) in [6.07, 6.45) is 2.84. The minimum absolute atomic E-state index is 0.0172. The van der Waals surface area contributed by atoms with Gasteiger partial charge in [-0.1, -0.05) is 12.1 Å². The van der Waals surface area contributed by atoms with Gasteiger partial charge >= 0.3 is 5.69 Å². The number of carbonyl (C=O) groups is 1. The SMILES string of the molecule is O=C(C=Cc1ccc(F)cc1)Nc1ccc(-c2nc3cc(F)c([N+](=O)[O-])cc3n2O)cc1. The van der Waals surface area contributed by atoms with Gasteiger partial charge in [0, 0.05) is 29.5 Å². The highest BCUT2D eigenvalue weighted by Crippen LogP contribution is 2.29. The first-order valence-electron chi connectivity index (χ1n) is 9.22. The van der Waals surface area contributed by atoms with Crippen molar-refractivity contribution in [1.82, 2.24) is 9.71 Å². The summed E-state index contributed by atoms with van der Waals surface area (Å²) >= 11 is 0. The summed E-state index contributed by atoms with van der Waals surface area (Å²) in [7, 11) is 0. The summed E-state index contributed by atoms with van der Waals surface area (Å²) < 4.78 is 27.4. The molecule has 4 rings (SSSR count). The number of rotatable bonds is 5. The molecule has 1 heterocycles. The zero-order valence-electron chi connectivity index (χ0n) is 16.2. The average Bonchev–Trinajstić information content (AvgIpc) is 3.08. The van der Waals surface area contributed by atoms with E-state index in [-0.39, 0.29) is 22.7 Å². The number of nitro groups is 1. The predicted octanol–water partition coefficient (Wildman–Crippen LogP) is 4.78. The number of carbonyl (C=O) groups excluding carboxylic acids is 1. The van der Waals surface area contributed by atoms with Crippen molar-refractivity contribution in [2.75, 3.05) is 5.32 Å². The Morgan fingerprint density at radius 2 is 1.78 bits per heavy atom. The number of nitrogens with zero attached hydrogens (tertiary/aromatic N) is 3. The van der Waals surface area contributed by atoms with Crippen LogP contribution in [0.2, 0.25) is 0 Å². The van der Waals surface area contributed by atoms with Gasteiger partial charge in [-0.2, -0.15) is 9.12 Å². The number of imidazole rings is 1. The van der Waals surface area contributed by atoms with Crippen molar-refractivity contribution in [3.63, 3.8) is 0 Å². The number of nitrogens with one attached hydrogen (secondary N) is 1. The molecule has 0 atom stereocenters. The molecular weight excluding hydrogens is 422 g/mol. The third-order valence-electron chi connectivity index (χ3n) is 4.60. The molecule has 2 N–H and O–H groups in total.